The van der Waals surface area contributed by atoms with E-state index in [1.54, 1.807) is 0 Å². The molecule has 124 valence electrons. The fourth-order valence-corrected chi connectivity index (χ4v) is 2.80. The molecule has 3 rings (SSSR count). The van der Waals surface area contributed by atoms with Crippen LogP contribution in [0, 0.1) is 0 Å². The number of nitrogens with zero attached hydrogens (tertiary/aromatic N) is 4. The Morgan fingerprint density at radius 3 is 2.65 bits per heavy atom. The van der Waals surface area contributed by atoms with Crippen LogP contribution in [0.15, 0.2) is 28.8 Å². The first-order valence-corrected chi connectivity index (χ1v) is 7.83. The lowest BCUT2D eigenvalue weighted by atomic mass is 10.2. The van der Waals surface area contributed by atoms with Gasteiger partial charge in [-0.05, 0) is 18.2 Å². The van der Waals surface area contributed by atoms with Gasteiger partial charge in [-0.15, -0.1) is 0 Å². The Bertz CT molecular complexity index is 644. The van der Waals surface area contributed by atoms with Gasteiger partial charge in [-0.3, -0.25) is 4.90 Å². The van der Waals surface area contributed by atoms with Gasteiger partial charge in [0.15, 0.2) is 0 Å². The van der Waals surface area contributed by atoms with Crippen LogP contribution in [0.4, 0.5) is 14.5 Å². The van der Waals surface area contributed by atoms with E-state index < -0.39 is 12.2 Å². The molecule has 0 radical (unpaired) electrons. The first-order valence-electron chi connectivity index (χ1n) is 7.45. The smallest absolute Gasteiger partial charge is 0.300 e. The zero-order chi connectivity index (χ0) is 16.2. The molecule has 2 aromatic rings. The fraction of sp³-hybridized carbons (Fsp3) is 0.467. The molecule has 23 heavy (non-hydrogen) atoms. The molecule has 0 atom stereocenters. The van der Waals surface area contributed by atoms with E-state index in [1.807, 2.05) is 24.3 Å². The molecule has 0 bridgehead atoms. The number of piperazine rings is 1. The van der Waals surface area contributed by atoms with Crippen LogP contribution >= 0.6 is 11.6 Å². The van der Waals surface area contributed by atoms with Crippen molar-refractivity contribution in [1.82, 2.24) is 15.0 Å². The van der Waals surface area contributed by atoms with Crippen molar-refractivity contribution < 1.29 is 13.3 Å². The number of alkyl halides is 2. The number of rotatable bonds is 5. The molecule has 1 fully saturated rings. The molecule has 5 nitrogen and oxygen atoms in total. The Morgan fingerprint density at radius 1 is 1.22 bits per heavy atom. The largest absolute Gasteiger partial charge is 0.369 e. The van der Waals surface area contributed by atoms with E-state index in [0.717, 1.165) is 36.9 Å². The third-order valence-electron chi connectivity index (χ3n) is 3.87. The summed E-state index contributed by atoms with van der Waals surface area (Å²) in [4.78, 5) is 8.23. The Morgan fingerprint density at radius 2 is 2.00 bits per heavy atom. The van der Waals surface area contributed by atoms with Crippen molar-refractivity contribution in [2.75, 3.05) is 37.6 Å². The quantitative estimate of drug-likeness (QED) is 0.835. The zero-order valence-corrected chi connectivity index (χ0v) is 13.2. The summed E-state index contributed by atoms with van der Waals surface area (Å²) in [5.74, 6) is -0.275. The Kier molecular flexibility index (Phi) is 5.07. The number of hydrogen-bond acceptors (Lipinski definition) is 5. The highest BCUT2D eigenvalue weighted by molar-refractivity contribution is 6.30. The van der Waals surface area contributed by atoms with Gasteiger partial charge in [-0.25, -0.2) is 8.78 Å². The minimum atomic E-state index is -2.69. The number of aromatic nitrogens is 2. The molecule has 1 aromatic heterocycles. The summed E-state index contributed by atoms with van der Waals surface area (Å²) in [5, 5.41) is 4.00. The molecule has 2 heterocycles. The number of halogens is 3. The van der Waals surface area contributed by atoms with E-state index in [4.69, 9.17) is 16.1 Å². The van der Waals surface area contributed by atoms with Gasteiger partial charge < -0.3 is 9.42 Å². The molecule has 0 spiro atoms. The molecule has 8 heteroatoms. The first-order chi connectivity index (χ1) is 11.1. The molecule has 1 aliphatic rings. The van der Waals surface area contributed by atoms with Crippen LogP contribution in [-0.2, 0) is 6.42 Å². The van der Waals surface area contributed by atoms with E-state index >= 15 is 0 Å². The maximum Gasteiger partial charge on any atom is 0.300 e. The van der Waals surface area contributed by atoms with Crippen molar-refractivity contribution in [3.05, 3.63) is 41.0 Å². The maximum absolute atomic E-state index is 12.4. The second-order valence-electron chi connectivity index (χ2n) is 5.41. The molecule has 1 aliphatic heterocycles. The fourth-order valence-electron chi connectivity index (χ4n) is 2.61. The highest BCUT2D eigenvalue weighted by Crippen LogP contribution is 2.21. The third kappa shape index (κ3) is 4.17. The highest BCUT2D eigenvalue weighted by Gasteiger charge is 2.19. The minimum Gasteiger partial charge on any atom is -0.369 e. The zero-order valence-electron chi connectivity index (χ0n) is 12.5. The Balaban J connectivity index is 1.47. The molecular weight excluding hydrogens is 326 g/mol. The SMILES string of the molecule is FC(F)c1noc(CCN2CCN(c3cccc(Cl)c3)CC2)n1. The van der Waals surface area contributed by atoms with Crippen LogP contribution in [0.5, 0.6) is 0 Å². The Hall–Kier alpha value is -1.73. The normalized spacial score (nSPS) is 16.3. The van der Waals surface area contributed by atoms with Crippen molar-refractivity contribution >= 4 is 17.3 Å². The van der Waals surface area contributed by atoms with Crippen LogP contribution in [0.3, 0.4) is 0 Å². The van der Waals surface area contributed by atoms with Crippen molar-refractivity contribution in [3.8, 4) is 0 Å². The predicted octanol–water partition coefficient (Wildman–Crippen LogP) is 3.03. The van der Waals surface area contributed by atoms with Gasteiger partial charge in [0.05, 0.1) is 0 Å². The number of benzene rings is 1. The van der Waals surface area contributed by atoms with E-state index in [1.165, 1.54) is 0 Å². The summed E-state index contributed by atoms with van der Waals surface area (Å²) < 4.78 is 29.6. The molecule has 0 amide bonds. The van der Waals surface area contributed by atoms with E-state index in [2.05, 4.69) is 19.9 Å². The first kappa shape index (κ1) is 16.1. The lowest BCUT2D eigenvalue weighted by Gasteiger charge is -2.36. The van der Waals surface area contributed by atoms with Gasteiger partial charge in [0.2, 0.25) is 11.7 Å². The van der Waals surface area contributed by atoms with E-state index in [0.29, 0.717) is 13.0 Å². The van der Waals surface area contributed by atoms with E-state index in [9.17, 15) is 8.78 Å². The van der Waals surface area contributed by atoms with Crippen LogP contribution < -0.4 is 4.90 Å². The lowest BCUT2D eigenvalue weighted by Crippen LogP contribution is -2.47. The van der Waals surface area contributed by atoms with Crippen LogP contribution in [0.25, 0.3) is 0 Å². The van der Waals surface area contributed by atoms with Gasteiger partial charge in [0.25, 0.3) is 0 Å². The van der Waals surface area contributed by atoms with Crippen LogP contribution in [-0.4, -0.2) is 47.8 Å². The Labute approximate surface area is 137 Å². The topological polar surface area (TPSA) is 45.4 Å². The molecule has 0 aliphatic carbocycles. The average Bonchev–Trinajstić information content (AvgIpc) is 3.03. The predicted molar refractivity (Wildman–Crippen MR) is 83.1 cm³/mol. The van der Waals surface area contributed by atoms with Crippen molar-refractivity contribution in [2.24, 2.45) is 0 Å². The lowest BCUT2D eigenvalue weighted by molar-refractivity contribution is 0.136. The van der Waals surface area contributed by atoms with Gasteiger partial charge in [-0.2, -0.15) is 4.98 Å². The number of hydrogen-bond donors (Lipinski definition) is 0. The molecule has 0 N–H and O–H groups in total. The minimum absolute atomic E-state index is 0.262. The second kappa shape index (κ2) is 7.23. The van der Waals surface area contributed by atoms with Gasteiger partial charge >= 0.3 is 6.43 Å². The van der Waals surface area contributed by atoms with Crippen molar-refractivity contribution in [2.45, 2.75) is 12.8 Å². The van der Waals surface area contributed by atoms with Gasteiger partial charge in [-0.1, -0.05) is 22.8 Å². The summed E-state index contributed by atoms with van der Waals surface area (Å²) in [6, 6.07) is 7.81. The summed E-state index contributed by atoms with van der Waals surface area (Å²) in [5.41, 5.74) is 1.12. The monoisotopic (exact) mass is 342 g/mol. The van der Waals surface area contributed by atoms with Crippen LogP contribution in [0.2, 0.25) is 5.02 Å². The summed E-state index contributed by atoms with van der Waals surface area (Å²) >= 11 is 6.02. The van der Waals surface area contributed by atoms with E-state index in [-0.39, 0.29) is 5.89 Å². The summed E-state index contributed by atoms with van der Waals surface area (Å²) in [6.07, 6.45) is -2.20. The van der Waals surface area contributed by atoms with Gasteiger partial charge in [0.1, 0.15) is 0 Å². The molecule has 1 aromatic carbocycles. The third-order valence-corrected chi connectivity index (χ3v) is 4.10. The average molecular weight is 343 g/mol. The maximum atomic E-state index is 12.4. The van der Waals surface area contributed by atoms with Crippen LogP contribution in [0.1, 0.15) is 18.1 Å². The van der Waals surface area contributed by atoms with Crippen molar-refractivity contribution in [3.63, 3.8) is 0 Å². The molecule has 0 saturated carbocycles. The summed E-state index contributed by atoms with van der Waals surface area (Å²) in [6.45, 7) is 4.29. The van der Waals surface area contributed by atoms with Gasteiger partial charge in [0, 0.05) is 49.9 Å². The second-order valence-corrected chi connectivity index (χ2v) is 5.84. The van der Waals surface area contributed by atoms with Crippen molar-refractivity contribution in [1.29, 1.82) is 0 Å². The molecule has 1 saturated heterocycles. The number of anilines is 1. The standard InChI is InChI=1S/C15H17ClF2N4O/c16-11-2-1-3-12(10-11)22-8-6-21(7-9-22)5-4-13-19-15(14(17)18)20-23-13/h1-3,10,14H,4-9H2. The molecular formula is C15H17ClF2N4O. The molecule has 0 unspecified atom stereocenters. The summed E-state index contributed by atoms with van der Waals surface area (Å²) in [7, 11) is 0. The highest BCUT2D eigenvalue weighted by atomic mass is 35.5.